The first-order chi connectivity index (χ1) is 10.1. The predicted molar refractivity (Wildman–Crippen MR) is 91.5 cm³/mol. The highest BCUT2D eigenvalue weighted by Crippen LogP contribution is 2.32. The fraction of sp³-hybridized carbons (Fsp3) is 0.588. The van der Waals surface area contributed by atoms with E-state index in [9.17, 15) is 4.79 Å². The number of halogens is 1. The van der Waals surface area contributed by atoms with Gasteiger partial charge in [-0.1, -0.05) is 6.07 Å². The second-order valence-corrected chi connectivity index (χ2v) is 7.46. The fourth-order valence-corrected chi connectivity index (χ4v) is 3.45. The number of likely N-dealkylation sites (tertiary alicyclic amines) is 1. The van der Waals surface area contributed by atoms with Crippen LogP contribution in [-0.4, -0.2) is 36.6 Å². The van der Waals surface area contributed by atoms with Crippen LogP contribution in [0.1, 0.15) is 41.6 Å². The molecule has 0 bridgehead atoms. The van der Waals surface area contributed by atoms with E-state index in [-0.39, 0.29) is 5.97 Å². The normalized spacial score (nSPS) is 22.5. The molecule has 21 heavy (non-hydrogen) atoms. The van der Waals surface area contributed by atoms with Crippen molar-refractivity contribution in [2.75, 3.05) is 19.7 Å². The molecule has 0 radical (unpaired) electrons. The maximum atomic E-state index is 12.2. The van der Waals surface area contributed by atoms with Crippen LogP contribution in [0.15, 0.2) is 18.2 Å². The van der Waals surface area contributed by atoms with Gasteiger partial charge in [-0.2, -0.15) is 0 Å². The van der Waals surface area contributed by atoms with E-state index in [0.717, 1.165) is 15.9 Å². The van der Waals surface area contributed by atoms with Gasteiger partial charge in [0.15, 0.2) is 0 Å². The largest absolute Gasteiger partial charge is 0.460 e. The molecule has 1 atom stereocenters. The average Bonchev–Trinajstić information content (AvgIpc) is 3.17. The van der Waals surface area contributed by atoms with E-state index in [1.807, 2.05) is 25.1 Å². The van der Waals surface area contributed by atoms with E-state index in [1.54, 1.807) is 0 Å². The number of carbonyl (C=O) groups is 1. The van der Waals surface area contributed by atoms with Gasteiger partial charge in [-0.05, 0) is 85.4 Å². The van der Waals surface area contributed by atoms with Gasteiger partial charge in [0.05, 0.1) is 5.56 Å². The van der Waals surface area contributed by atoms with Gasteiger partial charge >= 0.3 is 5.97 Å². The van der Waals surface area contributed by atoms with Crippen molar-refractivity contribution in [1.82, 2.24) is 4.90 Å². The highest BCUT2D eigenvalue weighted by atomic mass is 127. The van der Waals surface area contributed by atoms with Gasteiger partial charge in [0.25, 0.3) is 0 Å². The van der Waals surface area contributed by atoms with Crippen molar-refractivity contribution in [3.63, 3.8) is 0 Å². The summed E-state index contributed by atoms with van der Waals surface area (Å²) in [5.74, 6) is 0.714. The number of carbonyl (C=O) groups excluding carboxylic acids is 1. The van der Waals surface area contributed by atoms with Crippen molar-refractivity contribution in [3.8, 4) is 0 Å². The molecule has 0 N–H and O–H groups in total. The molecule has 1 aliphatic heterocycles. The summed E-state index contributed by atoms with van der Waals surface area (Å²) in [4.78, 5) is 14.7. The molecule has 1 unspecified atom stereocenters. The lowest BCUT2D eigenvalue weighted by atomic mass is 10.1. The summed E-state index contributed by atoms with van der Waals surface area (Å²) in [6.07, 6.45) is 5.15. The Balaban J connectivity index is 1.53. The molecule has 1 heterocycles. The van der Waals surface area contributed by atoms with Crippen molar-refractivity contribution in [3.05, 3.63) is 32.9 Å². The van der Waals surface area contributed by atoms with Crippen molar-refractivity contribution in [2.24, 2.45) is 5.92 Å². The van der Waals surface area contributed by atoms with Gasteiger partial charge in [-0.15, -0.1) is 0 Å². The van der Waals surface area contributed by atoms with Gasteiger partial charge < -0.3 is 4.74 Å². The second kappa shape index (κ2) is 6.65. The van der Waals surface area contributed by atoms with Gasteiger partial charge in [0.1, 0.15) is 6.61 Å². The van der Waals surface area contributed by atoms with E-state index in [0.29, 0.717) is 18.2 Å². The van der Waals surface area contributed by atoms with Crippen molar-refractivity contribution in [2.45, 2.75) is 38.6 Å². The quantitative estimate of drug-likeness (QED) is 0.560. The minimum absolute atomic E-state index is 0.189. The lowest BCUT2D eigenvalue weighted by Crippen LogP contribution is -2.35. The maximum Gasteiger partial charge on any atom is 0.338 e. The summed E-state index contributed by atoms with van der Waals surface area (Å²) in [5, 5.41) is 0. The molecule has 0 amide bonds. The Bertz CT molecular complexity index is 528. The zero-order valence-corrected chi connectivity index (χ0v) is 14.6. The summed E-state index contributed by atoms with van der Waals surface area (Å²) >= 11 is 2.26. The van der Waals surface area contributed by atoms with E-state index < -0.39 is 0 Å². The molecule has 1 saturated heterocycles. The molecule has 3 rings (SSSR count). The molecule has 2 fully saturated rings. The highest BCUT2D eigenvalue weighted by molar-refractivity contribution is 14.1. The molecule has 0 spiro atoms. The minimum Gasteiger partial charge on any atom is -0.460 e. The summed E-state index contributed by atoms with van der Waals surface area (Å²) < 4.78 is 6.66. The van der Waals surface area contributed by atoms with Gasteiger partial charge in [0.2, 0.25) is 0 Å². The molecule has 1 aromatic carbocycles. The number of rotatable bonds is 5. The molecule has 4 heteroatoms. The van der Waals surface area contributed by atoms with Crippen LogP contribution in [0.25, 0.3) is 0 Å². The lowest BCUT2D eigenvalue weighted by Gasteiger charge is -2.24. The summed E-state index contributed by atoms with van der Waals surface area (Å²) in [7, 11) is 0. The van der Waals surface area contributed by atoms with Crippen LogP contribution in [0.2, 0.25) is 0 Å². The number of hydrogen-bond acceptors (Lipinski definition) is 3. The first kappa shape index (κ1) is 15.3. The summed E-state index contributed by atoms with van der Waals surface area (Å²) in [6, 6.07) is 6.18. The summed E-state index contributed by atoms with van der Waals surface area (Å²) in [6.45, 7) is 4.95. The topological polar surface area (TPSA) is 29.5 Å². The predicted octanol–water partition coefficient (Wildman–Crippen LogP) is 3.63. The molecule has 114 valence electrons. The average molecular weight is 399 g/mol. The molecule has 1 aliphatic carbocycles. The van der Waals surface area contributed by atoms with Crippen molar-refractivity contribution < 1.29 is 9.53 Å². The number of ether oxygens (including phenoxy) is 1. The molecule has 2 aliphatic rings. The van der Waals surface area contributed by atoms with E-state index in [4.69, 9.17) is 4.74 Å². The van der Waals surface area contributed by atoms with E-state index in [2.05, 4.69) is 27.5 Å². The van der Waals surface area contributed by atoms with Crippen LogP contribution < -0.4 is 0 Å². The first-order valence-electron chi connectivity index (χ1n) is 7.81. The van der Waals surface area contributed by atoms with Gasteiger partial charge in [-0.3, -0.25) is 4.90 Å². The molecule has 0 aromatic heterocycles. The Morgan fingerprint density at radius 1 is 1.38 bits per heavy atom. The van der Waals surface area contributed by atoms with Crippen LogP contribution in [0.3, 0.4) is 0 Å². The highest BCUT2D eigenvalue weighted by Gasteiger charge is 2.31. The van der Waals surface area contributed by atoms with E-state index >= 15 is 0 Å². The Kier molecular flexibility index (Phi) is 4.84. The number of hydrogen-bond donors (Lipinski definition) is 0. The Hall–Kier alpha value is -0.620. The smallest absolute Gasteiger partial charge is 0.338 e. The van der Waals surface area contributed by atoms with Crippen molar-refractivity contribution >= 4 is 28.6 Å². The molecular formula is C17H22INO2. The zero-order chi connectivity index (χ0) is 14.8. The lowest BCUT2D eigenvalue weighted by molar-refractivity contribution is 0.0393. The monoisotopic (exact) mass is 399 g/mol. The third-order valence-electron chi connectivity index (χ3n) is 4.50. The van der Waals surface area contributed by atoms with Crippen LogP contribution in [0.4, 0.5) is 0 Å². The molecule has 1 aromatic rings. The molecular weight excluding hydrogens is 377 g/mol. The van der Waals surface area contributed by atoms with Gasteiger partial charge in [-0.25, -0.2) is 4.79 Å². The molecule has 1 saturated carbocycles. The number of esters is 1. The number of nitrogens with zero attached hydrogens (tertiary/aromatic N) is 1. The van der Waals surface area contributed by atoms with E-state index in [1.165, 1.54) is 37.9 Å². The SMILES string of the molecule is Cc1ccc(C(=O)OCC2CCCN2CC2CC2)cc1I. The van der Waals surface area contributed by atoms with Crippen LogP contribution in [0, 0.1) is 16.4 Å². The van der Waals surface area contributed by atoms with Crippen LogP contribution >= 0.6 is 22.6 Å². The minimum atomic E-state index is -0.189. The number of aryl methyl sites for hydroxylation is 1. The molecule has 3 nitrogen and oxygen atoms in total. The Morgan fingerprint density at radius 2 is 2.19 bits per heavy atom. The second-order valence-electron chi connectivity index (χ2n) is 6.30. The summed E-state index contributed by atoms with van der Waals surface area (Å²) in [5.41, 5.74) is 1.86. The number of benzene rings is 1. The Labute approximate surface area is 140 Å². The van der Waals surface area contributed by atoms with Gasteiger partial charge in [0, 0.05) is 16.2 Å². The first-order valence-corrected chi connectivity index (χ1v) is 8.88. The third kappa shape index (κ3) is 3.97. The van der Waals surface area contributed by atoms with Crippen molar-refractivity contribution in [1.29, 1.82) is 0 Å². The maximum absolute atomic E-state index is 12.2. The van der Waals surface area contributed by atoms with Crippen LogP contribution in [0.5, 0.6) is 0 Å². The zero-order valence-electron chi connectivity index (χ0n) is 12.5. The fourth-order valence-electron chi connectivity index (χ4n) is 2.93. The van der Waals surface area contributed by atoms with Crippen LogP contribution in [-0.2, 0) is 4.74 Å². The third-order valence-corrected chi connectivity index (χ3v) is 5.67. The Morgan fingerprint density at radius 3 is 2.90 bits per heavy atom. The standard InChI is InChI=1S/C17H22INO2/c1-12-4-7-14(9-16(12)18)17(20)21-11-15-3-2-8-19(15)10-13-5-6-13/h4,7,9,13,15H,2-3,5-6,8,10-11H2,1H3.